The number of methoxy groups -OCH3 is 1. The topological polar surface area (TPSA) is 26.2 Å². The number of hydrogen-bond acceptors (Lipinski definition) is 2. The fourth-order valence-electron chi connectivity index (χ4n) is 1.83. The van der Waals surface area contributed by atoms with Crippen LogP contribution in [0.4, 0.5) is 0 Å². The Morgan fingerprint density at radius 1 is 1.44 bits per heavy atom. The number of hydrogen-bond donors (Lipinski definition) is 1. The quantitative estimate of drug-likeness (QED) is 0.768. The molecule has 0 aliphatic rings. The fourth-order valence-corrected chi connectivity index (χ4v) is 1.83. The first-order chi connectivity index (χ1) is 7.65. The third kappa shape index (κ3) is 3.99. The Morgan fingerprint density at radius 2 is 2.19 bits per heavy atom. The van der Waals surface area contributed by atoms with Gasteiger partial charge >= 0.3 is 0 Å². The molecule has 1 heterocycles. The zero-order chi connectivity index (χ0) is 12.0. The number of nitrogens with zero attached hydrogens (tertiary/aromatic N) is 1. The highest BCUT2D eigenvalue weighted by Gasteiger charge is 2.12. The van der Waals surface area contributed by atoms with Crippen LogP contribution in [0.5, 0.6) is 0 Å². The van der Waals surface area contributed by atoms with Crippen molar-refractivity contribution < 1.29 is 4.74 Å². The van der Waals surface area contributed by atoms with E-state index in [1.165, 1.54) is 5.69 Å². The maximum absolute atomic E-state index is 5.14. The first kappa shape index (κ1) is 13.3. The largest absolute Gasteiger partial charge is 0.385 e. The van der Waals surface area contributed by atoms with Crippen LogP contribution in [-0.4, -0.2) is 24.3 Å². The van der Waals surface area contributed by atoms with Gasteiger partial charge in [0.15, 0.2) is 0 Å². The lowest BCUT2D eigenvalue weighted by Gasteiger charge is -2.22. The molecule has 1 aromatic heterocycles. The molecule has 0 saturated carbocycles. The molecular formula is C13H24N2O. The molecule has 3 nitrogen and oxygen atoms in total. The average Bonchev–Trinajstić information content (AvgIpc) is 2.64. The van der Waals surface area contributed by atoms with Crippen molar-refractivity contribution in [2.75, 3.05) is 13.7 Å². The molecule has 0 saturated heterocycles. The number of aromatic nitrogens is 1. The molecule has 3 heteroatoms. The summed E-state index contributed by atoms with van der Waals surface area (Å²) in [4.78, 5) is 0. The van der Waals surface area contributed by atoms with E-state index >= 15 is 0 Å². The highest BCUT2D eigenvalue weighted by molar-refractivity contribution is 5.06. The average molecular weight is 224 g/mol. The van der Waals surface area contributed by atoms with Gasteiger partial charge in [-0.1, -0.05) is 13.8 Å². The predicted molar refractivity (Wildman–Crippen MR) is 67.4 cm³/mol. The molecule has 0 aliphatic heterocycles. The van der Waals surface area contributed by atoms with Crippen molar-refractivity contribution in [2.45, 2.75) is 32.9 Å². The molecule has 0 aromatic carbocycles. The lowest BCUT2D eigenvalue weighted by atomic mass is 10.0. The van der Waals surface area contributed by atoms with Crippen LogP contribution in [0.3, 0.4) is 0 Å². The van der Waals surface area contributed by atoms with Gasteiger partial charge in [0.1, 0.15) is 0 Å². The Kier molecular flexibility index (Phi) is 5.56. The van der Waals surface area contributed by atoms with Crippen LogP contribution >= 0.6 is 0 Å². The van der Waals surface area contributed by atoms with Crippen LogP contribution in [0.2, 0.25) is 0 Å². The van der Waals surface area contributed by atoms with E-state index in [1.807, 2.05) is 0 Å². The maximum atomic E-state index is 5.14. The number of ether oxygens (including phenoxy) is 1. The highest BCUT2D eigenvalue weighted by atomic mass is 16.5. The first-order valence-electron chi connectivity index (χ1n) is 5.97. The molecule has 0 bridgehead atoms. The number of rotatable bonds is 7. The summed E-state index contributed by atoms with van der Waals surface area (Å²) < 4.78 is 7.29. The van der Waals surface area contributed by atoms with Crippen molar-refractivity contribution in [3.8, 4) is 0 Å². The van der Waals surface area contributed by atoms with Crippen molar-refractivity contribution in [3.63, 3.8) is 0 Å². The molecule has 0 aliphatic carbocycles. The van der Waals surface area contributed by atoms with E-state index in [1.54, 1.807) is 7.11 Å². The minimum atomic E-state index is 0.523. The summed E-state index contributed by atoms with van der Waals surface area (Å²) in [5.74, 6) is 0.635. The van der Waals surface area contributed by atoms with E-state index in [0.717, 1.165) is 19.6 Å². The van der Waals surface area contributed by atoms with Crippen molar-refractivity contribution >= 4 is 0 Å². The van der Waals surface area contributed by atoms with Gasteiger partial charge in [-0.15, -0.1) is 0 Å². The molecule has 1 N–H and O–H groups in total. The molecular weight excluding hydrogens is 200 g/mol. The minimum absolute atomic E-state index is 0.523. The van der Waals surface area contributed by atoms with E-state index in [9.17, 15) is 0 Å². The molecule has 0 spiro atoms. The smallest absolute Gasteiger partial charge is 0.0477 e. The Bertz CT molecular complexity index is 294. The van der Waals surface area contributed by atoms with Gasteiger partial charge in [0, 0.05) is 45.2 Å². The molecule has 0 amide bonds. The Labute approximate surface area is 98.8 Å². The normalized spacial score (nSPS) is 13.3. The second-order valence-electron chi connectivity index (χ2n) is 4.62. The lowest BCUT2D eigenvalue weighted by molar-refractivity contribution is 0.173. The SMILES string of the molecule is COCCC(NCc1cccn1C)C(C)C. The van der Waals surface area contributed by atoms with Crippen molar-refractivity contribution in [2.24, 2.45) is 13.0 Å². The molecule has 92 valence electrons. The highest BCUT2D eigenvalue weighted by Crippen LogP contribution is 2.08. The lowest BCUT2D eigenvalue weighted by Crippen LogP contribution is -2.34. The molecule has 1 aromatic rings. The zero-order valence-corrected chi connectivity index (χ0v) is 10.9. The van der Waals surface area contributed by atoms with E-state index in [4.69, 9.17) is 4.74 Å². The van der Waals surface area contributed by atoms with Crippen LogP contribution in [0.15, 0.2) is 18.3 Å². The van der Waals surface area contributed by atoms with Crippen molar-refractivity contribution in [3.05, 3.63) is 24.0 Å². The van der Waals surface area contributed by atoms with E-state index < -0.39 is 0 Å². The van der Waals surface area contributed by atoms with Gasteiger partial charge in [-0.25, -0.2) is 0 Å². The van der Waals surface area contributed by atoms with Gasteiger partial charge in [-0.05, 0) is 24.5 Å². The molecule has 1 unspecified atom stereocenters. The number of aryl methyl sites for hydroxylation is 1. The number of nitrogens with one attached hydrogen (secondary N) is 1. The van der Waals surface area contributed by atoms with Crippen LogP contribution < -0.4 is 5.32 Å². The third-order valence-electron chi connectivity index (χ3n) is 3.03. The Hall–Kier alpha value is -0.800. The Morgan fingerprint density at radius 3 is 2.69 bits per heavy atom. The monoisotopic (exact) mass is 224 g/mol. The van der Waals surface area contributed by atoms with Gasteiger partial charge in [0.05, 0.1) is 0 Å². The molecule has 0 fully saturated rings. The summed E-state index contributed by atoms with van der Waals surface area (Å²) in [6.07, 6.45) is 3.15. The van der Waals surface area contributed by atoms with Gasteiger partial charge in [-0.2, -0.15) is 0 Å². The molecule has 16 heavy (non-hydrogen) atoms. The van der Waals surface area contributed by atoms with E-state index in [0.29, 0.717) is 12.0 Å². The van der Waals surface area contributed by atoms with Gasteiger partial charge in [0.25, 0.3) is 0 Å². The summed E-state index contributed by atoms with van der Waals surface area (Å²) in [6.45, 7) is 6.25. The van der Waals surface area contributed by atoms with Crippen LogP contribution in [-0.2, 0) is 18.3 Å². The van der Waals surface area contributed by atoms with Crippen LogP contribution in [0.25, 0.3) is 0 Å². The van der Waals surface area contributed by atoms with E-state index in [2.05, 4.69) is 49.1 Å². The summed E-state index contributed by atoms with van der Waals surface area (Å²) in [5.41, 5.74) is 1.32. The summed E-state index contributed by atoms with van der Waals surface area (Å²) in [5, 5.41) is 3.60. The standard InChI is InChI=1S/C13H24N2O/c1-11(2)13(7-9-16-4)14-10-12-6-5-8-15(12)3/h5-6,8,11,13-14H,7,9-10H2,1-4H3. The predicted octanol–water partition coefficient (Wildman–Crippen LogP) is 2.18. The van der Waals surface area contributed by atoms with Gasteiger partial charge < -0.3 is 14.6 Å². The minimum Gasteiger partial charge on any atom is -0.385 e. The maximum Gasteiger partial charge on any atom is 0.0477 e. The first-order valence-corrected chi connectivity index (χ1v) is 5.97. The van der Waals surface area contributed by atoms with E-state index in [-0.39, 0.29) is 0 Å². The van der Waals surface area contributed by atoms with Crippen molar-refractivity contribution in [1.82, 2.24) is 9.88 Å². The summed E-state index contributed by atoms with van der Waals surface area (Å²) in [7, 11) is 3.84. The molecule has 1 rings (SSSR count). The Balaban J connectivity index is 2.40. The third-order valence-corrected chi connectivity index (χ3v) is 3.03. The van der Waals surface area contributed by atoms with Crippen LogP contribution in [0, 0.1) is 5.92 Å². The summed E-state index contributed by atoms with van der Waals surface area (Å²) in [6, 6.07) is 4.76. The molecule has 1 atom stereocenters. The second kappa shape index (κ2) is 6.71. The zero-order valence-electron chi connectivity index (χ0n) is 10.9. The molecule has 0 radical (unpaired) electrons. The summed E-state index contributed by atoms with van der Waals surface area (Å²) >= 11 is 0. The van der Waals surface area contributed by atoms with Crippen molar-refractivity contribution in [1.29, 1.82) is 0 Å². The fraction of sp³-hybridized carbons (Fsp3) is 0.692. The van der Waals surface area contributed by atoms with Crippen LogP contribution in [0.1, 0.15) is 26.0 Å². The van der Waals surface area contributed by atoms with Gasteiger partial charge in [0.2, 0.25) is 0 Å². The van der Waals surface area contributed by atoms with Gasteiger partial charge in [-0.3, -0.25) is 0 Å². The second-order valence-corrected chi connectivity index (χ2v) is 4.62.